The number of hydrogen-bond acceptors (Lipinski definition) is 3. The molecule has 0 unspecified atom stereocenters. The summed E-state index contributed by atoms with van der Waals surface area (Å²) in [4.78, 5) is 0. The minimum Gasteiger partial charge on any atom is -0.493 e. The summed E-state index contributed by atoms with van der Waals surface area (Å²) in [7, 11) is 3.57. The average molecular weight is 274 g/mol. The molecule has 0 aliphatic rings. The van der Waals surface area contributed by atoms with Crippen molar-refractivity contribution in [1.82, 2.24) is 5.32 Å². The van der Waals surface area contributed by atoms with E-state index in [1.165, 1.54) is 0 Å². The summed E-state index contributed by atoms with van der Waals surface area (Å²) in [6.07, 6.45) is 0.973. The third kappa shape index (κ3) is 3.72. The number of rotatable bonds is 6. The lowest BCUT2D eigenvalue weighted by Gasteiger charge is -2.11. The van der Waals surface area contributed by atoms with Crippen molar-refractivity contribution < 1.29 is 9.47 Å². The molecule has 0 aromatic heterocycles. The van der Waals surface area contributed by atoms with E-state index in [2.05, 4.69) is 21.2 Å². The summed E-state index contributed by atoms with van der Waals surface area (Å²) in [5, 5.41) is 3.07. The first-order valence-corrected chi connectivity index (χ1v) is 5.68. The van der Waals surface area contributed by atoms with Crippen LogP contribution in [-0.2, 0) is 0 Å². The Morgan fingerprint density at radius 3 is 2.87 bits per heavy atom. The van der Waals surface area contributed by atoms with Crippen LogP contribution in [0.3, 0.4) is 0 Å². The fourth-order valence-electron chi connectivity index (χ4n) is 1.21. The van der Waals surface area contributed by atoms with Gasteiger partial charge < -0.3 is 14.8 Å². The van der Waals surface area contributed by atoms with Crippen molar-refractivity contribution in [1.29, 1.82) is 0 Å². The van der Waals surface area contributed by atoms with Gasteiger partial charge in [0.25, 0.3) is 0 Å². The van der Waals surface area contributed by atoms with E-state index >= 15 is 0 Å². The third-order valence-corrected chi connectivity index (χ3v) is 2.59. The lowest BCUT2D eigenvalue weighted by Crippen LogP contribution is -2.11. The molecule has 0 atom stereocenters. The van der Waals surface area contributed by atoms with E-state index in [4.69, 9.17) is 9.47 Å². The number of nitrogens with one attached hydrogen (secondary N) is 1. The van der Waals surface area contributed by atoms with Crippen LogP contribution in [0.4, 0.5) is 0 Å². The molecule has 1 aromatic rings. The summed E-state index contributed by atoms with van der Waals surface area (Å²) < 4.78 is 11.8. The van der Waals surface area contributed by atoms with Crippen molar-refractivity contribution in [2.24, 2.45) is 0 Å². The van der Waals surface area contributed by atoms with E-state index < -0.39 is 0 Å². The van der Waals surface area contributed by atoms with E-state index in [0.717, 1.165) is 28.9 Å². The smallest absolute Gasteiger partial charge is 0.175 e. The maximum Gasteiger partial charge on any atom is 0.175 e. The third-order valence-electron chi connectivity index (χ3n) is 1.97. The highest BCUT2D eigenvalue weighted by Gasteiger charge is 2.07. The fourth-order valence-corrected chi connectivity index (χ4v) is 1.68. The summed E-state index contributed by atoms with van der Waals surface area (Å²) in [6, 6.07) is 5.75. The number of methoxy groups -OCH3 is 1. The van der Waals surface area contributed by atoms with Gasteiger partial charge in [-0.2, -0.15) is 0 Å². The van der Waals surface area contributed by atoms with Crippen LogP contribution < -0.4 is 14.8 Å². The first kappa shape index (κ1) is 12.3. The van der Waals surface area contributed by atoms with Crippen molar-refractivity contribution in [3.8, 4) is 11.5 Å². The quantitative estimate of drug-likeness (QED) is 0.808. The molecule has 0 radical (unpaired) electrons. The van der Waals surface area contributed by atoms with Gasteiger partial charge in [0.2, 0.25) is 0 Å². The van der Waals surface area contributed by atoms with Crippen LogP contribution in [0.15, 0.2) is 22.7 Å². The Morgan fingerprint density at radius 2 is 2.20 bits per heavy atom. The Balaban J connectivity index is 2.58. The van der Waals surface area contributed by atoms with E-state index in [1.807, 2.05) is 25.2 Å². The van der Waals surface area contributed by atoms with Crippen LogP contribution in [0.2, 0.25) is 0 Å². The first-order chi connectivity index (χ1) is 7.29. The lowest BCUT2D eigenvalue weighted by molar-refractivity contribution is 0.287. The van der Waals surface area contributed by atoms with Gasteiger partial charge >= 0.3 is 0 Å². The highest BCUT2D eigenvalue weighted by Crippen LogP contribution is 2.34. The minimum atomic E-state index is 0.680. The van der Waals surface area contributed by atoms with Gasteiger partial charge in [-0.15, -0.1) is 0 Å². The molecule has 3 nitrogen and oxygen atoms in total. The van der Waals surface area contributed by atoms with E-state index in [1.54, 1.807) is 7.11 Å². The molecular weight excluding hydrogens is 258 g/mol. The van der Waals surface area contributed by atoms with Gasteiger partial charge in [0.05, 0.1) is 18.2 Å². The van der Waals surface area contributed by atoms with Gasteiger partial charge in [0, 0.05) is 0 Å². The maximum absolute atomic E-state index is 5.65. The summed E-state index contributed by atoms with van der Waals surface area (Å²) in [5.41, 5.74) is 0. The van der Waals surface area contributed by atoms with Gasteiger partial charge in [0.1, 0.15) is 0 Å². The van der Waals surface area contributed by atoms with Crippen molar-refractivity contribution in [3.63, 3.8) is 0 Å². The SMILES string of the molecule is CNCCCOc1c(Br)cccc1OC. The van der Waals surface area contributed by atoms with E-state index in [-0.39, 0.29) is 0 Å². The zero-order valence-corrected chi connectivity index (χ0v) is 10.6. The fraction of sp³-hybridized carbons (Fsp3) is 0.455. The molecule has 0 saturated carbocycles. The topological polar surface area (TPSA) is 30.5 Å². The molecule has 0 fully saturated rings. The summed E-state index contributed by atoms with van der Waals surface area (Å²) >= 11 is 3.44. The lowest BCUT2D eigenvalue weighted by atomic mass is 10.3. The van der Waals surface area contributed by atoms with Crippen LogP contribution in [0.1, 0.15) is 6.42 Å². The van der Waals surface area contributed by atoms with Crippen LogP contribution >= 0.6 is 15.9 Å². The molecule has 0 spiro atoms. The molecule has 0 amide bonds. The molecule has 1 rings (SSSR count). The molecule has 0 aliphatic heterocycles. The Morgan fingerprint density at radius 1 is 1.40 bits per heavy atom. The second-order valence-electron chi connectivity index (χ2n) is 3.08. The van der Waals surface area contributed by atoms with Crippen molar-refractivity contribution in [2.75, 3.05) is 27.3 Å². The molecule has 1 aromatic carbocycles. The normalized spacial score (nSPS) is 10.1. The number of benzene rings is 1. The standard InChI is InChI=1S/C11H16BrNO2/c1-13-7-4-8-15-11-9(12)5-3-6-10(11)14-2/h3,5-6,13H,4,7-8H2,1-2H3. The van der Waals surface area contributed by atoms with E-state index in [9.17, 15) is 0 Å². The zero-order valence-electron chi connectivity index (χ0n) is 9.05. The summed E-state index contributed by atoms with van der Waals surface area (Å²) in [6.45, 7) is 1.63. The van der Waals surface area contributed by atoms with Gasteiger partial charge in [-0.3, -0.25) is 0 Å². The molecule has 0 aliphatic carbocycles. The monoisotopic (exact) mass is 273 g/mol. The average Bonchev–Trinajstić information content (AvgIpc) is 2.26. The molecular formula is C11H16BrNO2. The Labute approximate surface area is 98.9 Å². The number of halogens is 1. The highest BCUT2D eigenvalue weighted by molar-refractivity contribution is 9.10. The predicted octanol–water partition coefficient (Wildman–Crippen LogP) is 2.45. The predicted molar refractivity (Wildman–Crippen MR) is 64.7 cm³/mol. The van der Waals surface area contributed by atoms with Crippen molar-refractivity contribution in [2.45, 2.75) is 6.42 Å². The number of hydrogen-bond donors (Lipinski definition) is 1. The van der Waals surface area contributed by atoms with Gasteiger partial charge in [-0.05, 0) is 48.1 Å². The Hall–Kier alpha value is -0.740. The maximum atomic E-state index is 5.65. The number of ether oxygens (including phenoxy) is 2. The molecule has 0 saturated heterocycles. The van der Waals surface area contributed by atoms with Gasteiger partial charge in [0.15, 0.2) is 11.5 Å². The second-order valence-corrected chi connectivity index (χ2v) is 3.93. The largest absolute Gasteiger partial charge is 0.493 e. The van der Waals surface area contributed by atoms with Gasteiger partial charge in [-0.25, -0.2) is 0 Å². The van der Waals surface area contributed by atoms with Crippen LogP contribution in [0.5, 0.6) is 11.5 Å². The van der Waals surface area contributed by atoms with Crippen molar-refractivity contribution in [3.05, 3.63) is 22.7 Å². The molecule has 0 bridgehead atoms. The minimum absolute atomic E-state index is 0.680. The molecule has 84 valence electrons. The van der Waals surface area contributed by atoms with Crippen LogP contribution in [0.25, 0.3) is 0 Å². The highest BCUT2D eigenvalue weighted by atomic mass is 79.9. The van der Waals surface area contributed by atoms with Crippen LogP contribution in [0, 0.1) is 0 Å². The zero-order chi connectivity index (χ0) is 11.1. The van der Waals surface area contributed by atoms with E-state index in [0.29, 0.717) is 6.61 Å². The number of para-hydroxylation sites is 1. The molecule has 15 heavy (non-hydrogen) atoms. The molecule has 0 heterocycles. The Bertz CT molecular complexity index is 305. The first-order valence-electron chi connectivity index (χ1n) is 4.89. The summed E-state index contributed by atoms with van der Waals surface area (Å²) in [5.74, 6) is 1.53. The van der Waals surface area contributed by atoms with Gasteiger partial charge in [-0.1, -0.05) is 6.07 Å². The molecule has 4 heteroatoms. The van der Waals surface area contributed by atoms with Crippen molar-refractivity contribution >= 4 is 15.9 Å². The molecule has 1 N–H and O–H groups in total. The second kappa shape index (κ2) is 6.69. The van der Waals surface area contributed by atoms with Crippen LogP contribution in [-0.4, -0.2) is 27.3 Å². The Kier molecular flexibility index (Phi) is 5.50.